The lowest BCUT2D eigenvalue weighted by Gasteiger charge is -2.38. The predicted molar refractivity (Wildman–Crippen MR) is 66.5 cm³/mol. The molecular weight excluding hydrogens is 198 g/mol. The molecule has 2 heteroatoms. The maximum atomic E-state index is 12.6. The summed E-state index contributed by atoms with van der Waals surface area (Å²) in [7, 11) is 0. The van der Waals surface area contributed by atoms with Crippen LogP contribution in [0.5, 0.6) is 0 Å². The summed E-state index contributed by atoms with van der Waals surface area (Å²) in [6.45, 7) is 6.61. The average Bonchev–Trinajstić information content (AvgIpc) is 2.98. The highest BCUT2D eigenvalue weighted by Gasteiger charge is 2.42. The van der Waals surface area contributed by atoms with Gasteiger partial charge in [-0.3, -0.25) is 9.69 Å². The van der Waals surface area contributed by atoms with Crippen LogP contribution in [-0.2, 0) is 4.79 Å². The molecule has 1 aliphatic heterocycles. The lowest BCUT2D eigenvalue weighted by atomic mass is 9.83. The summed E-state index contributed by atoms with van der Waals surface area (Å²) in [4.78, 5) is 15.1. The Morgan fingerprint density at radius 1 is 1.19 bits per heavy atom. The van der Waals surface area contributed by atoms with Gasteiger partial charge in [0.15, 0.2) is 5.78 Å². The van der Waals surface area contributed by atoms with Crippen molar-refractivity contribution in [3.05, 3.63) is 0 Å². The molecule has 0 aromatic heterocycles. The smallest absolute Gasteiger partial charge is 0.155 e. The van der Waals surface area contributed by atoms with E-state index in [1.165, 1.54) is 25.7 Å². The molecule has 2 nitrogen and oxygen atoms in total. The van der Waals surface area contributed by atoms with Crippen molar-refractivity contribution in [1.29, 1.82) is 0 Å². The highest BCUT2D eigenvalue weighted by Crippen LogP contribution is 2.34. The highest BCUT2D eigenvalue weighted by atomic mass is 16.1. The topological polar surface area (TPSA) is 20.3 Å². The van der Waals surface area contributed by atoms with Gasteiger partial charge in [-0.1, -0.05) is 19.8 Å². The van der Waals surface area contributed by atoms with Crippen molar-refractivity contribution in [2.75, 3.05) is 13.1 Å². The normalized spacial score (nSPS) is 27.1. The van der Waals surface area contributed by atoms with Crippen molar-refractivity contribution >= 4 is 5.78 Å². The molecule has 2 aliphatic rings. The number of Topliss-reactive ketones (excluding diaryl/α,β-unsaturated/α-hetero) is 1. The van der Waals surface area contributed by atoms with Crippen LogP contribution in [-0.4, -0.2) is 29.3 Å². The van der Waals surface area contributed by atoms with Gasteiger partial charge in [-0.2, -0.15) is 0 Å². The number of rotatable bonds is 4. The number of carbonyl (C=O) groups excluding carboxylic acids is 1. The van der Waals surface area contributed by atoms with Gasteiger partial charge >= 0.3 is 0 Å². The Hall–Kier alpha value is -0.370. The Morgan fingerprint density at radius 3 is 2.25 bits per heavy atom. The first-order chi connectivity index (χ1) is 7.68. The van der Waals surface area contributed by atoms with Crippen LogP contribution < -0.4 is 0 Å². The Bertz CT molecular complexity index is 251. The molecule has 92 valence electrons. The molecule has 1 aliphatic carbocycles. The molecule has 1 saturated carbocycles. The lowest BCUT2D eigenvalue weighted by Crippen LogP contribution is -2.52. The van der Waals surface area contributed by atoms with Gasteiger partial charge in [0, 0.05) is 5.92 Å². The number of ketones is 1. The number of likely N-dealkylation sites (tertiary alicyclic amines) is 1. The molecule has 1 unspecified atom stereocenters. The van der Waals surface area contributed by atoms with E-state index >= 15 is 0 Å². The Morgan fingerprint density at radius 2 is 1.75 bits per heavy atom. The number of nitrogens with zero attached hydrogens (tertiary/aromatic N) is 1. The number of hydrogen-bond acceptors (Lipinski definition) is 2. The number of carbonyl (C=O) groups is 1. The maximum absolute atomic E-state index is 12.6. The van der Waals surface area contributed by atoms with Gasteiger partial charge in [0.2, 0.25) is 0 Å². The van der Waals surface area contributed by atoms with Gasteiger partial charge < -0.3 is 0 Å². The predicted octanol–water partition coefficient (Wildman–Crippen LogP) is 3.01. The van der Waals surface area contributed by atoms with Gasteiger partial charge in [-0.05, 0) is 52.1 Å². The highest BCUT2D eigenvalue weighted by molar-refractivity contribution is 5.90. The third kappa shape index (κ3) is 2.04. The fraction of sp³-hybridized carbons (Fsp3) is 0.929. The van der Waals surface area contributed by atoms with Gasteiger partial charge in [0.05, 0.1) is 5.54 Å². The third-order valence-electron chi connectivity index (χ3n) is 4.75. The standard InChI is InChI=1S/C14H25NO/c1-3-14(2,15-10-6-7-11-15)13(16)12-8-4-5-9-12/h12H,3-11H2,1-2H3. The molecule has 0 aromatic rings. The Balaban J connectivity index is 2.09. The van der Waals surface area contributed by atoms with Crippen LogP contribution in [0.1, 0.15) is 58.8 Å². The maximum Gasteiger partial charge on any atom is 0.155 e. The first-order valence-corrected chi connectivity index (χ1v) is 6.98. The molecule has 16 heavy (non-hydrogen) atoms. The average molecular weight is 223 g/mol. The van der Waals surface area contributed by atoms with Crippen LogP contribution in [0, 0.1) is 5.92 Å². The summed E-state index contributed by atoms with van der Waals surface area (Å²) in [5.74, 6) is 0.903. The largest absolute Gasteiger partial charge is 0.297 e. The van der Waals surface area contributed by atoms with Crippen molar-refractivity contribution in [3.63, 3.8) is 0 Å². The van der Waals surface area contributed by atoms with E-state index in [1.807, 2.05) is 0 Å². The quantitative estimate of drug-likeness (QED) is 0.730. The second-order valence-corrected chi connectivity index (χ2v) is 5.67. The van der Waals surface area contributed by atoms with Crippen molar-refractivity contribution in [1.82, 2.24) is 4.90 Å². The van der Waals surface area contributed by atoms with E-state index in [-0.39, 0.29) is 5.54 Å². The van der Waals surface area contributed by atoms with Crippen LogP contribution >= 0.6 is 0 Å². The van der Waals surface area contributed by atoms with E-state index in [9.17, 15) is 4.79 Å². The molecule has 0 spiro atoms. The summed E-state index contributed by atoms with van der Waals surface area (Å²) in [6, 6.07) is 0. The van der Waals surface area contributed by atoms with E-state index in [4.69, 9.17) is 0 Å². The first-order valence-electron chi connectivity index (χ1n) is 6.98. The monoisotopic (exact) mass is 223 g/mol. The van der Waals surface area contributed by atoms with Gasteiger partial charge in [0.25, 0.3) is 0 Å². The van der Waals surface area contributed by atoms with Gasteiger partial charge in [-0.25, -0.2) is 0 Å². The third-order valence-corrected chi connectivity index (χ3v) is 4.75. The summed E-state index contributed by atoms with van der Waals surface area (Å²) in [6.07, 6.45) is 8.32. The van der Waals surface area contributed by atoms with Crippen LogP contribution in [0.25, 0.3) is 0 Å². The summed E-state index contributed by atoms with van der Waals surface area (Å²) in [5.41, 5.74) is -0.161. The van der Waals surface area contributed by atoms with E-state index < -0.39 is 0 Å². The molecule has 2 fully saturated rings. The molecule has 0 radical (unpaired) electrons. The van der Waals surface area contributed by atoms with Crippen molar-refractivity contribution < 1.29 is 4.79 Å². The SMILES string of the molecule is CCC(C)(C(=O)C1CCCC1)N1CCCC1. The minimum Gasteiger partial charge on any atom is -0.297 e. The van der Waals surface area contributed by atoms with E-state index in [1.54, 1.807) is 0 Å². The van der Waals surface area contributed by atoms with Crippen LogP contribution in [0.4, 0.5) is 0 Å². The van der Waals surface area contributed by atoms with Gasteiger partial charge in [0.1, 0.15) is 0 Å². The van der Waals surface area contributed by atoms with Crippen molar-refractivity contribution in [2.45, 2.75) is 64.3 Å². The summed E-state index contributed by atoms with van der Waals surface area (Å²) in [5, 5.41) is 0. The van der Waals surface area contributed by atoms with Crippen LogP contribution in [0.15, 0.2) is 0 Å². The fourth-order valence-corrected chi connectivity index (χ4v) is 3.39. The van der Waals surface area contributed by atoms with E-state index in [2.05, 4.69) is 18.7 Å². The second-order valence-electron chi connectivity index (χ2n) is 5.67. The van der Waals surface area contributed by atoms with E-state index in [0.29, 0.717) is 11.7 Å². The molecule has 0 N–H and O–H groups in total. The zero-order valence-electron chi connectivity index (χ0n) is 10.8. The minimum absolute atomic E-state index is 0.161. The van der Waals surface area contributed by atoms with Crippen molar-refractivity contribution in [2.24, 2.45) is 5.92 Å². The Labute approximate surface area is 99.4 Å². The summed E-state index contributed by atoms with van der Waals surface area (Å²) < 4.78 is 0. The molecule has 0 amide bonds. The molecule has 2 rings (SSSR count). The molecule has 0 aromatic carbocycles. The number of hydrogen-bond donors (Lipinski definition) is 0. The van der Waals surface area contributed by atoms with Crippen LogP contribution in [0.3, 0.4) is 0 Å². The fourth-order valence-electron chi connectivity index (χ4n) is 3.39. The molecule has 1 saturated heterocycles. The summed E-state index contributed by atoms with van der Waals surface area (Å²) >= 11 is 0. The minimum atomic E-state index is -0.161. The molecule has 1 atom stereocenters. The van der Waals surface area contributed by atoms with Gasteiger partial charge in [-0.15, -0.1) is 0 Å². The molecule has 1 heterocycles. The first kappa shape index (κ1) is 12.1. The zero-order valence-corrected chi connectivity index (χ0v) is 10.8. The lowest BCUT2D eigenvalue weighted by molar-refractivity contribution is -0.134. The van der Waals surface area contributed by atoms with Crippen LogP contribution in [0.2, 0.25) is 0 Å². The molecule has 0 bridgehead atoms. The molecular formula is C14H25NO. The van der Waals surface area contributed by atoms with E-state index in [0.717, 1.165) is 32.4 Å². The zero-order chi connectivity index (χ0) is 11.6. The Kier molecular flexibility index (Phi) is 3.68. The second kappa shape index (κ2) is 4.87. The van der Waals surface area contributed by atoms with Crippen molar-refractivity contribution in [3.8, 4) is 0 Å².